The predicted molar refractivity (Wildman–Crippen MR) is 167 cm³/mol. The van der Waals surface area contributed by atoms with Crippen molar-refractivity contribution < 1.29 is 14.3 Å². The number of anilines is 4. The summed E-state index contributed by atoms with van der Waals surface area (Å²) in [6.07, 6.45) is 4.14. The molecule has 0 bridgehead atoms. The van der Waals surface area contributed by atoms with Crippen molar-refractivity contribution in [1.29, 1.82) is 0 Å². The van der Waals surface area contributed by atoms with Crippen LogP contribution in [0.5, 0.6) is 0 Å². The number of carbonyl (C=O) groups excluding carboxylic acids is 1. The lowest BCUT2D eigenvalue weighted by atomic mass is 10.0. The van der Waals surface area contributed by atoms with Crippen LogP contribution >= 0.6 is 11.8 Å². The van der Waals surface area contributed by atoms with E-state index in [0.29, 0.717) is 12.6 Å². The number of likely N-dealkylation sites (tertiary alicyclic amines) is 1. The number of rotatable bonds is 8. The van der Waals surface area contributed by atoms with Gasteiger partial charge in [0.25, 0.3) is 0 Å². The van der Waals surface area contributed by atoms with Crippen molar-refractivity contribution in [2.45, 2.75) is 24.0 Å². The van der Waals surface area contributed by atoms with Crippen molar-refractivity contribution in [3.63, 3.8) is 0 Å². The summed E-state index contributed by atoms with van der Waals surface area (Å²) >= 11 is 1.55. The Bertz CT molecular complexity index is 1160. The van der Waals surface area contributed by atoms with Gasteiger partial charge in [-0.05, 0) is 43.4 Å². The van der Waals surface area contributed by atoms with Gasteiger partial charge in [-0.1, -0.05) is 11.8 Å². The maximum absolute atomic E-state index is 13.1. The van der Waals surface area contributed by atoms with E-state index >= 15 is 0 Å². The molecule has 1 amide bonds. The number of aromatic nitrogens is 2. The molecule has 228 valence electrons. The highest BCUT2D eigenvalue weighted by Crippen LogP contribution is 2.26. The number of hydrogen-bond donors (Lipinski definition) is 1. The second-order valence-electron chi connectivity index (χ2n) is 11.4. The Kier molecular flexibility index (Phi) is 9.97. The molecule has 4 aliphatic heterocycles. The van der Waals surface area contributed by atoms with Crippen LogP contribution in [0.4, 0.5) is 23.0 Å². The number of carbonyl (C=O) groups is 1. The molecule has 0 saturated carbocycles. The van der Waals surface area contributed by atoms with Crippen molar-refractivity contribution in [3.05, 3.63) is 30.3 Å². The summed E-state index contributed by atoms with van der Waals surface area (Å²) in [6.45, 7) is 12.7. The molecule has 0 aliphatic carbocycles. The molecule has 2 aromatic rings. The van der Waals surface area contributed by atoms with Gasteiger partial charge < -0.3 is 29.5 Å². The van der Waals surface area contributed by atoms with Crippen LogP contribution in [0.1, 0.15) is 12.8 Å². The van der Waals surface area contributed by atoms with Crippen LogP contribution in [-0.4, -0.2) is 141 Å². The zero-order valence-electron chi connectivity index (χ0n) is 24.7. The number of hydrogen-bond acceptors (Lipinski definition) is 11. The maximum Gasteiger partial charge on any atom is 0.236 e. The molecule has 1 aromatic heterocycles. The summed E-state index contributed by atoms with van der Waals surface area (Å²) in [7, 11) is 0. The molecule has 4 aliphatic rings. The minimum atomic E-state index is 0.265. The number of thioether (sulfide) groups is 1. The normalized spacial score (nSPS) is 21.5. The Morgan fingerprint density at radius 3 is 2.19 bits per heavy atom. The SMILES string of the molecule is CSc1nc(Nc2ccc(N3CCOCC3)cc2)cc(N2CCN(CC(=O)N3CCC(N4CCOCC4)CC3)CC2)n1. The molecule has 0 atom stereocenters. The van der Waals surface area contributed by atoms with Crippen molar-refractivity contribution in [2.75, 3.05) is 120 Å². The second kappa shape index (κ2) is 14.2. The Balaban J connectivity index is 0.992. The standard InChI is InChI=1S/C30H44N8O3S/c1-42-30-32-27(31-24-2-4-25(5-3-24)35-14-18-40-19-15-35)22-28(33-30)37-12-10-34(11-13-37)23-29(39)38-8-6-26(7-9-38)36-16-20-41-21-17-36/h2-5,22,26H,6-21,23H2,1H3,(H,31,32,33). The topological polar surface area (TPSA) is 89.5 Å². The Labute approximate surface area is 253 Å². The molecule has 11 nitrogen and oxygen atoms in total. The first kappa shape index (κ1) is 29.4. The van der Waals surface area contributed by atoms with E-state index in [-0.39, 0.29) is 5.91 Å². The van der Waals surface area contributed by atoms with Crippen LogP contribution in [0.15, 0.2) is 35.5 Å². The van der Waals surface area contributed by atoms with Gasteiger partial charge in [-0.25, -0.2) is 9.97 Å². The first-order valence-corrected chi connectivity index (χ1v) is 16.6. The molecule has 5 heterocycles. The van der Waals surface area contributed by atoms with Gasteiger partial charge in [-0.15, -0.1) is 0 Å². The highest BCUT2D eigenvalue weighted by Gasteiger charge is 2.29. The van der Waals surface area contributed by atoms with Crippen molar-refractivity contribution in [3.8, 4) is 0 Å². The third-order valence-electron chi connectivity index (χ3n) is 8.83. The van der Waals surface area contributed by atoms with Crippen molar-refractivity contribution in [2.24, 2.45) is 0 Å². The van der Waals surface area contributed by atoms with Crippen LogP contribution in [0.25, 0.3) is 0 Å². The summed E-state index contributed by atoms with van der Waals surface area (Å²) < 4.78 is 11.0. The predicted octanol–water partition coefficient (Wildman–Crippen LogP) is 2.22. The molecular weight excluding hydrogens is 552 g/mol. The molecule has 4 fully saturated rings. The summed E-state index contributed by atoms with van der Waals surface area (Å²) in [6, 6.07) is 11.1. The fourth-order valence-corrected chi connectivity index (χ4v) is 6.68. The number of morpholine rings is 2. The Morgan fingerprint density at radius 1 is 0.857 bits per heavy atom. The van der Waals surface area contributed by atoms with E-state index in [1.54, 1.807) is 11.8 Å². The lowest BCUT2D eigenvalue weighted by molar-refractivity contribution is -0.134. The number of nitrogens with one attached hydrogen (secondary N) is 1. The zero-order valence-corrected chi connectivity index (χ0v) is 25.6. The summed E-state index contributed by atoms with van der Waals surface area (Å²) in [5, 5.41) is 4.23. The Hall–Kier alpha value is -2.64. The molecule has 42 heavy (non-hydrogen) atoms. The molecule has 1 aromatic carbocycles. The van der Waals surface area contributed by atoms with E-state index in [1.807, 2.05) is 12.3 Å². The highest BCUT2D eigenvalue weighted by molar-refractivity contribution is 7.98. The van der Waals surface area contributed by atoms with Gasteiger partial charge >= 0.3 is 0 Å². The lowest BCUT2D eigenvalue weighted by Gasteiger charge is -2.41. The van der Waals surface area contributed by atoms with Crippen LogP contribution in [0.3, 0.4) is 0 Å². The zero-order chi connectivity index (χ0) is 28.7. The first-order valence-electron chi connectivity index (χ1n) is 15.3. The minimum Gasteiger partial charge on any atom is -0.379 e. The number of piperidine rings is 1. The van der Waals surface area contributed by atoms with Gasteiger partial charge in [0.05, 0.1) is 33.0 Å². The molecule has 6 rings (SSSR count). The van der Waals surface area contributed by atoms with Crippen LogP contribution in [-0.2, 0) is 14.3 Å². The number of ether oxygens (including phenoxy) is 2. The van der Waals surface area contributed by atoms with E-state index < -0.39 is 0 Å². The third kappa shape index (κ3) is 7.46. The number of nitrogens with zero attached hydrogens (tertiary/aromatic N) is 7. The van der Waals surface area contributed by atoms with E-state index in [4.69, 9.17) is 19.4 Å². The quantitative estimate of drug-likeness (QED) is 0.360. The van der Waals surface area contributed by atoms with Crippen LogP contribution in [0, 0.1) is 0 Å². The average Bonchev–Trinajstić information content (AvgIpc) is 3.06. The lowest BCUT2D eigenvalue weighted by Crippen LogP contribution is -2.53. The molecule has 0 radical (unpaired) electrons. The maximum atomic E-state index is 13.1. The molecule has 4 saturated heterocycles. The van der Waals surface area contributed by atoms with Gasteiger partial charge in [0.2, 0.25) is 5.91 Å². The largest absolute Gasteiger partial charge is 0.379 e. The van der Waals surface area contributed by atoms with Gasteiger partial charge in [-0.2, -0.15) is 0 Å². The first-order chi connectivity index (χ1) is 20.6. The van der Waals surface area contributed by atoms with E-state index in [2.05, 4.69) is 54.1 Å². The molecule has 1 N–H and O–H groups in total. The molecule has 0 unspecified atom stereocenters. The third-order valence-corrected chi connectivity index (χ3v) is 9.37. The smallest absolute Gasteiger partial charge is 0.236 e. The highest BCUT2D eigenvalue weighted by atomic mass is 32.2. The average molecular weight is 597 g/mol. The fraction of sp³-hybridized carbons (Fsp3) is 0.633. The molecule has 0 spiro atoms. The van der Waals surface area contributed by atoms with Crippen molar-refractivity contribution >= 4 is 40.7 Å². The Morgan fingerprint density at radius 2 is 1.52 bits per heavy atom. The fourth-order valence-electron chi connectivity index (χ4n) is 6.30. The van der Waals surface area contributed by atoms with Crippen LogP contribution in [0.2, 0.25) is 0 Å². The summed E-state index contributed by atoms with van der Waals surface area (Å²) in [5.41, 5.74) is 2.21. The van der Waals surface area contributed by atoms with Crippen molar-refractivity contribution in [1.82, 2.24) is 24.7 Å². The number of piperazine rings is 1. The number of benzene rings is 1. The van der Waals surface area contributed by atoms with Crippen LogP contribution < -0.4 is 15.1 Å². The van der Waals surface area contributed by atoms with Gasteiger partial charge in [0, 0.05) is 88.9 Å². The van der Waals surface area contributed by atoms with Gasteiger partial charge in [-0.3, -0.25) is 14.6 Å². The molecular formula is C30H44N8O3S. The summed E-state index contributed by atoms with van der Waals surface area (Å²) in [5.74, 6) is 1.99. The minimum absolute atomic E-state index is 0.265. The van der Waals surface area contributed by atoms with E-state index in [1.165, 1.54) is 5.69 Å². The van der Waals surface area contributed by atoms with Gasteiger partial charge in [0.1, 0.15) is 11.6 Å². The second-order valence-corrected chi connectivity index (χ2v) is 12.2. The monoisotopic (exact) mass is 596 g/mol. The molecule has 12 heteroatoms. The number of amides is 1. The van der Waals surface area contributed by atoms with Gasteiger partial charge in [0.15, 0.2) is 5.16 Å². The van der Waals surface area contributed by atoms with E-state index in [0.717, 1.165) is 127 Å². The summed E-state index contributed by atoms with van der Waals surface area (Å²) in [4.78, 5) is 34.2. The van der Waals surface area contributed by atoms with E-state index in [9.17, 15) is 4.79 Å².